The summed E-state index contributed by atoms with van der Waals surface area (Å²) in [7, 11) is 0. The van der Waals surface area contributed by atoms with E-state index in [1.54, 1.807) is 30.3 Å². The van der Waals surface area contributed by atoms with Crippen molar-refractivity contribution in [3.05, 3.63) is 54.1 Å². The van der Waals surface area contributed by atoms with E-state index in [-0.39, 0.29) is 31.0 Å². The van der Waals surface area contributed by atoms with Gasteiger partial charge in [0.25, 0.3) is 0 Å². The normalized spacial score (nSPS) is 13.8. The van der Waals surface area contributed by atoms with Crippen LogP contribution in [0.5, 0.6) is 0 Å². The molecule has 0 bridgehead atoms. The number of carboxylic acids is 1. The lowest BCUT2D eigenvalue weighted by Crippen LogP contribution is -2.58. The van der Waals surface area contributed by atoms with Gasteiger partial charge in [-0.05, 0) is 18.4 Å². The van der Waals surface area contributed by atoms with E-state index in [4.69, 9.17) is 17.2 Å². The predicted molar refractivity (Wildman–Crippen MR) is 148 cm³/mol. The van der Waals surface area contributed by atoms with Gasteiger partial charge in [-0.2, -0.15) is 12.6 Å². The number of aromatic amines is 1. The number of thiol groups is 1. The lowest BCUT2D eigenvalue weighted by Gasteiger charge is -2.24. The Labute approximate surface area is 231 Å². The SMILES string of the molecule is NC(N)=NCCCC(N)C(=O)NC(CS)C(=O)NC(Cc1cnc[nH]1)C(=O)NC(Cc1ccccc1)C(=O)O. The highest BCUT2D eigenvalue weighted by atomic mass is 32.1. The van der Waals surface area contributed by atoms with Gasteiger partial charge in [0.05, 0.1) is 12.4 Å². The van der Waals surface area contributed by atoms with Crippen LogP contribution in [0.4, 0.5) is 0 Å². The molecule has 14 nitrogen and oxygen atoms in total. The van der Waals surface area contributed by atoms with Crippen LogP contribution < -0.4 is 33.2 Å². The zero-order valence-corrected chi connectivity index (χ0v) is 22.1. The molecule has 2 aromatic rings. The van der Waals surface area contributed by atoms with Gasteiger partial charge in [0.1, 0.15) is 18.1 Å². The number of hydrogen-bond donors (Lipinski definition) is 9. The highest BCUT2D eigenvalue weighted by Gasteiger charge is 2.30. The van der Waals surface area contributed by atoms with Crippen LogP contribution in [0.25, 0.3) is 0 Å². The molecule has 15 heteroatoms. The lowest BCUT2D eigenvalue weighted by atomic mass is 10.0. The number of benzene rings is 1. The molecule has 3 amide bonds. The molecule has 1 aromatic heterocycles. The van der Waals surface area contributed by atoms with E-state index in [0.717, 1.165) is 0 Å². The molecule has 1 heterocycles. The number of imidazole rings is 1. The van der Waals surface area contributed by atoms with Crippen LogP contribution in [0.1, 0.15) is 24.1 Å². The van der Waals surface area contributed by atoms with Crippen molar-refractivity contribution in [3.63, 3.8) is 0 Å². The van der Waals surface area contributed by atoms with Crippen molar-refractivity contribution in [2.45, 2.75) is 49.9 Å². The van der Waals surface area contributed by atoms with Crippen molar-refractivity contribution < 1.29 is 24.3 Å². The van der Waals surface area contributed by atoms with Crippen LogP contribution in [0.3, 0.4) is 0 Å². The van der Waals surface area contributed by atoms with Gasteiger partial charge in [-0.3, -0.25) is 19.4 Å². The van der Waals surface area contributed by atoms with Gasteiger partial charge in [0, 0.05) is 37.0 Å². The number of nitrogens with two attached hydrogens (primary N) is 3. The Morgan fingerprint density at radius 2 is 1.62 bits per heavy atom. The standard InChI is InChI=1S/C24H35N9O5S/c25-16(7-4-8-29-24(26)27)20(34)33-19(12-39)22(36)31-17(10-15-11-28-13-30-15)21(35)32-18(23(37)38)9-14-5-2-1-3-6-14/h1-3,5-6,11,13,16-19,39H,4,7-10,12,25H2,(H,28,30)(H,31,36)(H,32,35)(H,33,34)(H,37,38)(H4,26,27,29). The molecule has 0 aliphatic heterocycles. The summed E-state index contributed by atoms with van der Waals surface area (Å²) in [6, 6.07) is 4.37. The summed E-state index contributed by atoms with van der Waals surface area (Å²) in [4.78, 5) is 61.2. The van der Waals surface area contributed by atoms with Crippen LogP contribution in [0.2, 0.25) is 0 Å². The molecule has 0 spiro atoms. The molecule has 0 aliphatic carbocycles. The third-order valence-corrected chi connectivity index (χ3v) is 5.99. The fourth-order valence-corrected chi connectivity index (χ4v) is 3.80. The smallest absolute Gasteiger partial charge is 0.326 e. The lowest BCUT2D eigenvalue weighted by molar-refractivity contribution is -0.142. The molecule has 0 aliphatic rings. The van der Waals surface area contributed by atoms with E-state index in [0.29, 0.717) is 24.2 Å². The number of hydrogen-bond acceptors (Lipinski definition) is 8. The molecule has 0 saturated carbocycles. The van der Waals surface area contributed by atoms with Crippen molar-refractivity contribution in [2.24, 2.45) is 22.2 Å². The molecular weight excluding hydrogens is 526 g/mol. The van der Waals surface area contributed by atoms with Gasteiger partial charge in [0.15, 0.2) is 5.96 Å². The number of amides is 3. The van der Waals surface area contributed by atoms with E-state index < -0.39 is 47.9 Å². The second kappa shape index (κ2) is 16.0. The van der Waals surface area contributed by atoms with Gasteiger partial charge < -0.3 is 43.2 Å². The van der Waals surface area contributed by atoms with Gasteiger partial charge in [-0.15, -0.1) is 0 Å². The maximum Gasteiger partial charge on any atom is 0.326 e. The van der Waals surface area contributed by atoms with Crippen molar-refractivity contribution in [2.75, 3.05) is 12.3 Å². The van der Waals surface area contributed by atoms with Crippen LogP contribution in [0, 0.1) is 0 Å². The quantitative estimate of drug-likeness (QED) is 0.0477. The Kier molecular flexibility index (Phi) is 12.8. The number of carboxylic acid groups (broad SMARTS) is 1. The Morgan fingerprint density at radius 1 is 0.974 bits per heavy atom. The van der Waals surface area contributed by atoms with Crippen LogP contribution in [0.15, 0.2) is 47.8 Å². The van der Waals surface area contributed by atoms with E-state index in [2.05, 4.69) is 43.5 Å². The molecule has 4 unspecified atom stereocenters. The Morgan fingerprint density at radius 3 is 2.21 bits per heavy atom. The van der Waals surface area contributed by atoms with Crippen LogP contribution >= 0.6 is 12.6 Å². The highest BCUT2D eigenvalue weighted by Crippen LogP contribution is 2.06. The predicted octanol–water partition coefficient (Wildman–Crippen LogP) is -1.96. The van der Waals surface area contributed by atoms with Crippen LogP contribution in [-0.2, 0) is 32.0 Å². The fraction of sp³-hybridized carbons (Fsp3) is 0.417. The molecule has 1 aromatic carbocycles. The number of guanidine groups is 1. The summed E-state index contributed by atoms with van der Waals surface area (Å²) in [5.41, 5.74) is 17.7. The van der Waals surface area contributed by atoms with Crippen molar-refractivity contribution >= 4 is 42.3 Å². The molecule has 39 heavy (non-hydrogen) atoms. The van der Waals surface area contributed by atoms with Crippen molar-refractivity contribution in [1.29, 1.82) is 0 Å². The Bertz CT molecular complexity index is 1110. The molecular formula is C24H35N9O5S. The number of rotatable bonds is 16. The molecule has 0 radical (unpaired) electrons. The van der Waals surface area contributed by atoms with Crippen LogP contribution in [-0.4, -0.2) is 81.2 Å². The number of aliphatic carboxylic acids is 1. The van der Waals surface area contributed by atoms with E-state index in [1.165, 1.54) is 12.5 Å². The van der Waals surface area contributed by atoms with Gasteiger partial charge >= 0.3 is 5.97 Å². The summed E-state index contributed by atoms with van der Waals surface area (Å²) >= 11 is 4.15. The topological polar surface area (TPSA) is 244 Å². The average molecular weight is 562 g/mol. The monoisotopic (exact) mass is 561 g/mol. The minimum Gasteiger partial charge on any atom is -0.480 e. The summed E-state index contributed by atoms with van der Waals surface area (Å²) in [5, 5.41) is 17.3. The summed E-state index contributed by atoms with van der Waals surface area (Å²) < 4.78 is 0. The van der Waals surface area contributed by atoms with Gasteiger partial charge in [0.2, 0.25) is 17.7 Å². The number of carbonyl (C=O) groups excluding carboxylic acids is 3. The number of aliphatic imine (C=N–C) groups is 1. The molecule has 0 saturated heterocycles. The van der Waals surface area contributed by atoms with Crippen molar-refractivity contribution in [3.8, 4) is 0 Å². The third-order valence-electron chi connectivity index (χ3n) is 5.63. The minimum atomic E-state index is -1.24. The summed E-state index contributed by atoms with van der Waals surface area (Å²) in [6.45, 7) is 0.297. The largest absolute Gasteiger partial charge is 0.480 e. The minimum absolute atomic E-state index is 0.00715. The second-order valence-corrected chi connectivity index (χ2v) is 9.10. The highest BCUT2D eigenvalue weighted by molar-refractivity contribution is 7.80. The molecule has 212 valence electrons. The summed E-state index contributed by atoms with van der Waals surface area (Å²) in [5.74, 6) is -3.38. The Balaban J connectivity index is 2.07. The van der Waals surface area contributed by atoms with E-state index in [9.17, 15) is 24.3 Å². The maximum atomic E-state index is 13.2. The number of carbonyl (C=O) groups is 4. The summed E-state index contributed by atoms with van der Waals surface area (Å²) in [6.07, 6.45) is 3.64. The van der Waals surface area contributed by atoms with E-state index >= 15 is 0 Å². The number of aromatic nitrogens is 2. The maximum absolute atomic E-state index is 13.2. The molecule has 11 N–H and O–H groups in total. The first kappa shape index (κ1) is 31.1. The molecule has 2 rings (SSSR count). The third kappa shape index (κ3) is 11.0. The number of nitrogens with zero attached hydrogens (tertiary/aromatic N) is 2. The zero-order valence-electron chi connectivity index (χ0n) is 21.2. The average Bonchev–Trinajstić information content (AvgIpc) is 3.42. The van der Waals surface area contributed by atoms with Gasteiger partial charge in [-0.1, -0.05) is 30.3 Å². The number of nitrogens with one attached hydrogen (secondary N) is 4. The fourth-order valence-electron chi connectivity index (χ4n) is 3.54. The number of H-pyrrole nitrogens is 1. The first-order chi connectivity index (χ1) is 18.6. The first-order valence-electron chi connectivity index (χ1n) is 12.2. The zero-order chi connectivity index (χ0) is 28.8. The molecule has 0 fully saturated rings. The van der Waals surface area contributed by atoms with Crippen molar-refractivity contribution in [1.82, 2.24) is 25.9 Å². The Hall–Kier alpha value is -4.11. The first-order valence-corrected chi connectivity index (χ1v) is 12.8. The van der Waals surface area contributed by atoms with E-state index in [1.807, 2.05) is 0 Å². The second-order valence-electron chi connectivity index (χ2n) is 8.73. The molecule has 4 atom stereocenters. The van der Waals surface area contributed by atoms with Gasteiger partial charge in [-0.25, -0.2) is 9.78 Å².